The minimum absolute atomic E-state index is 0.207. The van der Waals surface area contributed by atoms with Crippen LogP contribution in [0, 0.1) is 11.6 Å². The van der Waals surface area contributed by atoms with Crippen LogP contribution in [-0.4, -0.2) is 0 Å². The molecule has 2 aromatic carbocycles. The number of nitrogens with two attached hydrogens (primary N) is 2. The van der Waals surface area contributed by atoms with Crippen molar-refractivity contribution < 1.29 is 8.78 Å². The number of halogens is 2. The van der Waals surface area contributed by atoms with Gasteiger partial charge in [-0.3, -0.25) is 0 Å². The largest absolute Gasteiger partial charge is 0.398 e. The van der Waals surface area contributed by atoms with Crippen LogP contribution in [0.15, 0.2) is 12.1 Å². The fourth-order valence-electron chi connectivity index (χ4n) is 3.45. The molecule has 4 heteroatoms. The summed E-state index contributed by atoms with van der Waals surface area (Å²) in [5, 5.41) is 0. The van der Waals surface area contributed by atoms with E-state index in [1.807, 2.05) is 27.7 Å². The maximum absolute atomic E-state index is 14.9. The first-order valence-corrected chi connectivity index (χ1v) is 9.06. The molecule has 25 heavy (non-hydrogen) atoms. The summed E-state index contributed by atoms with van der Waals surface area (Å²) in [5.41, 5.74) is 17.1. The van der Waals surface area contributed by atoms with Crippen LogP contribution in [0.4, 0.5) is 20.2 Å². The molecule has 4 N–H and O–H groups in total. The van der Waals surface area contributed by atoms with Gasteiger partial charge in [0.1, 0.15) is 11.6 Å². The van der Waals surface area contributed by atoms with Gasteiger partial charge in [0.15, 0.2) is 0 Å². The standard InChI is InChI=1S/C21H28F2N2/c1-5-12-9-14(18(22)16(7-3)20(12)24)11-15-10-13(6-2)21(25)17(8-4)19(15)23/h9-10H,5-8,11,24-25H2,1-4H3. The third kappa shape index (κ3) is 3.48. The zero-order valence-corrected chi connectivity index (χ0v) is 15.6. The summed E-state index contributed by atoms with van der Waals surface area (Å²) in [7, 11) is 0. The van der Waals surface area contributed by atoms with Crippen LogP contribution in [-0.2, 0) is 32.1 Å². The van der Waals surface area contributed by atoms with E-state index < -0.39 is 0 Å². The van der Waals surface area contributed by atoms with E-state index in [0.29, 0.717) is 46.5 Å². The SMILES string of the molecule is CCc1cc(Cc2cc(CC)c(N)c(CC)c2F)c(F)c(CC)c1N. The summed E-state index contributed by atoms with van der Waals surface area (Å²) in [6.45, 7) is 7.74. The highest BCUT2D eigenvalue weighted by Gasteiger charge is 2.19. The quantitative estimate of drug-likeness (QED) is 0.726. The molecule has 2 rings (SSSR count). The number of hydrogen-bond donors (Lipinski definition) is 2. The van der Waals surface area contributed by atoms with Crippen molar-refractivity contribution in [3.8, 4) is 0 Å². The molecule has 0 atom stereocenters. The highest BCUT2D eigenvalue weighted by Crippen LogP contribution is 2.31. The predicted molar refractivity (Wildman–Crippen MR) is 102 cm³/mol. The second-order valence-corrected chi connectivity index (χ2v) is 6.39. The first-order valence-electron chi connectivity index (χ1n) is 9.06. The van der Waals surface area contributed by atoms with Crippen LogP contribution in [0.3, 0.4) is 0 Å². The number of nitrogen functional groups attached to an aromatic ring is 2. The highest BCUT2D eigenvalue weighted by molar-refractivity contribution is 5.59. The van der Waals surface area contributed by atoms with Gasteiger partial charge in [-0.05, 0) is 47.9 Å². The van der Waals surface area contributed by atoms with Crippen LogP contribution < -0.4 is 11.5 Å². The molecule has 0 aromatic heterocycles. The molecule has 136 valence electrons. The van der Waals surface area contributed by atoms with Crippen LogP contribution >= 0.6 is 0 Å². The van der Waals surface area contributed by atoms with E-state index >= 15 is 0 Å². The molecule has 0 fully saturated rings. The van der Waals surface area contributed by atoms with Crippen molar-refractivity contribution in [3.63, 3.8) is 0 Å². The van der Waals surface area contributed by atoms with Gasteiger partial charge in [0.2, 0.25) is 0 Å². The molecule has 2 nitrogen and oxygen atoms in total. The Kier molecular flexibility index (Phi) is 6.04. The number of benzene rings is 2. The average molecular weight is 346 g/mol. The molecular formula is C21H28F2N2. The Bertz CT molecular complexity index is 717. The Morgan fingerprint density at radius 2 is 1.00 bits per heavy atom. The van der Waals surface area contributed by atoms with Crippen LogP contribution in [0.2, 0.25) is 0 Å². The molecular weight excluding hydrogens is 318 g/mol. The van der Waals surface area contributed by atoms with Gasteiger partial charge in [-0.1, -0.05) is 39.8 Å². The van der Waals surface area contributed by atoms with Crippen molar-refractivity contribution in [3.05, 3.63) is 57.1 Å². The summed E-state index contributed by atoms with van der Waals surface area (Å²) in [6, 6.07) is 3.55. The van der Waals surface area contributed by atoms with Gasteiger partial charge in [0, 0.05) is 28.9 Å². The summed E-state index contributed by atoms with van der Waals surface area (Å²) < 4.78 is 29.8. The van der Waals surface area contributed by atoms with Gasteiger partial charge in [0.25, 0.3) is 0 Å². The first kappa shape index (κ1) is 19.2. The van der Waals surface area contributed by atoms with Crippen molar-refractivity contribution in [2.45, 2.75) is 59.8 Å². The topological polar surface area (TPSA) is 52.0 Å². The maximum atomic E-state index is 14.9. The Hall–Kier alpha value is -2.10. The van der Waals surface area contributed by atoms with Crippen LogP contribution in [0.5, 0.6) is 0 Å². The van der Waals surface area contributed by atoms with E-state index in [-0.39, 0.29) is 18.1 Å². The summed E-state index contributed by atoms with van der Waals surface area (Å²) in [4.78, 5) is 0. The minimum Gasteiger partial charge on any atom is -0.398 e. The van der Waals surface area contributed by atoms with Crippen molar-refractivity contribution in [1.29, 1.82) is 0 Å². The summed E-state index contributed by atoms with van der Waals surface area (Å²) >= 11 is 0. The van der Waals surface area contributed by atoms with Gasteiger partial charge >= 0.3 is 0 Å². The van der Waals surface area contributed by atoms with Gasteiger partial charge in [-0.15, -0.1) is 0 Å². The van der Waals surface area contributed by atoms with Crippen molar-refractivity contribution in [2.75, 3.05) is 11.5 Å². The summed E-state index contributed by atoms with van der Waals surface area (Å²) in [5.74, 6) is -0.631. The molecule has 0 saturated carbocycles. The Balaban J connectivity index is 2.61. The van der Waals surface area contributed by atoms with E-state index in [2.05, 4.69) is 0 Å². The molecule has 0 unspecified atom stereocenters. The lowest BCUT2D eigenvalue weighted by Gasteiger charge is -2.17. The normalized spacial score (nSPS) is 11.1. The lowest BCUT2D eigenvalue weighted by atomic mass is 9.91. The fraction of sp³-hybridized carbons (Fsp3) is 0.429. The zero-order chi connectivity index (χ0) is 18.7. The molecule has 0 spiro atoms. The average Bonchev–Trinajstić information content (AvgIpc) is 2.60. The second-order valence-electron chi connectivity index (χ2n) is 6.39. The van der Waals surface area contributed by atoms with Crippen molar-refractivity contribution in [1.82, 2.24) is 0 Å². The first-order chi connectivity index (χ1) is 11.9. The lowest BCUT2D eigenvalue weighted by Crippen LogP contribution is -2.09. The number of hydrogen-bond acceptors (Lipinski definition) is 2. The van der Waals surface area contributed by atoms with Gasteiger partial charge < -0.3 is 11.5 Å². The molecule has 2 aromatic rings. The highest BCUT2D eigenvalue weighted by atomic mass is 19.1. The van der Waals surface area contributed by atoms with Crippen molar-refractivity contribution >= 4 is 11.4 Å². The Labute approximate surface area is 149 Å². The number of rotatable bonds is 6. The molecule has 0 aliphatic rings. The molecule has 0 radical (unpaired) electrons. The molecule has 0 aliphatic carbocycles. The molecule has 0 heterocycles. The monoisotopic (exact) mass is 346 g/mol. The molecule has 0 bridgehead atoms. The molecule has 0 saturated heterocycles. The Morgan fingerprint density at radius 1 is 0.640 bits per heavy atom. The maximum Gasteiger partial charge on any atom is 0.131 e. The summed E-state index contributed by atoms with van der Waals surface area (Å²) in [6.07, 6.45) is 2.68. The van der Waals surface area contributed by atoms with Gasteiger partial charge in [-0.25, -0.2) is 8.78 Å². The zero-order valence-electron chi connectivity index (χ0n) is 15.6. The smallest absolute Gasteiger partial charge is 0.131 e. The van der Waals surface area contributed by atoms with E-state index in [0.717, 1.165) is 24.0 Å². The third-order valence-corrected chi connectivity index (χ3v) is 4.98. The minimum atomic E-state index is -0.315. The number of anilines is 2. The van der Waals surface area contributed by atoms with Gasteiger partial charge in [0.05, 0.1) is 0 Å². The van der Waals surface area contributed by atoms with Crippen LogP contribution in [0.25, 0.3) is 0 Å². The van der Waals surface area contributed by atoms with E-state index in [1.54, 1.807) is 12.1 Å². The fourth-order valence-corrected chi connectivity index (χ4v) is 3.45. The van der Waals surface area contributed by atoms with Crippen molar-refractivity contribution in [2.24, 2.45) is 0 Å². The Morgan fingerprint density at radius 3 is 1.28 bits per heavy atom. The number of aryl methyl sites for hydroxylation is 2. The second kappa shape index (κ2) is 7.85. The van der Waals surface area contributed by atoms with Crippen LogP contribution in [0.1, 0.15) is 61.1 Å². The third-order valence-electron chi connectivity index (χ3n) is 4.98. The van der Waals surface area contributed by atoms with E-state index in [9.17, 15) is 8.78 Å². The predicted octanol–water partition coefficient (Wildman–Crippen LogP) is 4.97. The van der Waals surface area contributed by atoms with E-state index in [1.165, 1.54) is 0 Å². The van der Waals surface area contributed by atoms with E-state index in [4.69, 9.17) is 11.5 Å². The lowest BCUT2D eigenvalue weighted by molar-refractivity contribution is 0.584. The van der Waals surface area contributed by atoms with Gasteiger partial charge in [-0.2, -0.15) is 0 Å². The molecule has 0 amide bonds. The molecule has 0 aliphatic heterocycles.